The Morgan fingerprint density at radius 3 is 2.38 bits per heavy atom. The summed E-state index contributed by atoms with van der Waals surface area (Å²) in [6, 6.07) is 10.9. The number of unbranched alkanes of at least 4 members (excludes halogenated alkanes) is 3. The third kappa shape index (κ3) is 14.9. The van der Waals surface area contributed by atoms with E-state index in [9.17, 15) is 4.79 Å². The summed E-state index contributed by atoms with van der Waals surface area (Å²) in [5.41, 5.74) is 14.9. The molecule has 0 saturated heterocycles. The SMILES string of the molecule is N#CN=C(N)N(CCCCCCOc1ccc(Cl)cc1)c1cc[n+](COC(=O)OCCOCCOCCN=[N+]=[N-])cc1. The van der Waals surface area contributed by atoms with Crippen LogP contribution in [-0.2, 0) is 25.7 Å². The van der Waals surface area contributed by atoms with Gasteiger partial charge < -0.3 is 34.3 Å². The minimum Gasteiger partial charge on any atom is -0.494 e. The molecule has 2 aromatic rings. The maximum atomic E-state index is 11.8. The third-order valence-electron chi connectivity index (χ3n) is 5.53. The molecule has 1 heterocycles. The van der Waals surface area contributed by atoms with Crippen LogP contribution in [0, 0.1) is 11.5 Å². The molecule has 2 rings (SSSR count). The first-order valence-electron chi connectivity index (χ1n) is 13.4. The first-order valence-corrected chi connectivity index (χ1v) is 13.7. The van der Waals surface area contributed by atoms with Crippen molar-refractivity contribution in [1.82, 2.24) is 0 Å². The highest BCUT2D eigenvalue weighted by Gasteiger charge is 2.14. The Kier molecular flexibility index (Phi) is 17.3. The lowest BCUT2D eigenvalue weighted by atomic mass is 10.2. The topological polar surface area (TPSA) is 181 Å². The van der Waals surface area contributed by atoms with E-state index in [1.54, 1.807) is 52.3 Å². The van der Waals surface area contributed by atoms with Crippen LogP contribution in [0.3, 0.4) is 0 Å². The number of nitrogens with two attached hydrogens (primary N) is 1. The van der Waals surface area contributed by atoms with Gasteiger partial charge in [0.2, 0.25) is 12.2 Å². The zero-order chi connectivity index (χ0) is 30.3. The van der Waals surface area contributed by atoms with Gasteiger partial charge in [-0.25, -0.2) is 4.79 Å². The molecular weight excluding hydrogens is 568 g/mol. The number of carbonyl (C=O) groups excluding carboxylic acids is 1. The molecule has 1 aromatic heterocycles. The number of benzene rings is 1. The second-order valence-corrected chi connectivity index (χ2v) is 9.00. The van der Waals surface area contributed by atoms with Crippen LogP contribution in [-0.4, -0.2) is 64.8 Å². The highest BCUT2D eigenvalue weighted by molar-refractivity contribution is 6.30. The first-order chi connectivity index (χ1) is 20.5. The summed E-state index contributed by atoms with van der Waals surface area (Å²) in [7, 11) is 0. The highest BCUT2D eigenvalue weighted by atomic mass is 35.5. The second-order valence-electron chi connectivity index (χ2n) is 8.56. The van der Waals surface area contributed by atoms with Gasteiger partial charge in [0.25, 0.3) is 6.73 Å². The van der Waals surface area contributed by atoms with E-state index in [0.29, 0.717) is 38.0 Å². The summed E-state index contributed by atoms with van der Waals surface area (Å²) in [6.45, 7) is 2.59. The zero-order valence-electron chi connectivity index (χ0n) is 23.3. The molecule has 2 N–H and O–H groups in total. The van der Waals surface area contributed by atoms with Crippen LogP contribution < -0.4 is 19.9 Å². The van der Waals surface area contributed by atoms with E-state index in [2.05, 4.69) is 15.0 Å². The summed E-state index contributed by atoms with van der Waals surface area (Å²) in [6.07, 6.45) is 7.99. The van der Waals surface area contributed by atoms with Gasteiger partial charge in [0.05, 0.1) is 38.7 Å². The van der Waals surface area contributed by atoms with Gasteiger partial charge in [0, 0.05) is 35.2 Å². The number of azide groups is 1. The number of rotatable bonds is 20. The fourth-order valence-corrected chi connectivity index (χ4v) is 3.60. The molecule has 0 bridgehead atoms. The average molecular weight is 604 g/mol. The molecule has 0 fully saturated rings. The van der Waals surface area contributed by atoms with Crippen LogP contribution >= 0.6 is 11.6 Å². The van der Waals surface area contributed by atoms with Crippen molar-refractivity contribution in [2.45, 2.75) is 32.4 Å². The largest absolute Gasteiger partial charge is 0.513 e. The molecule has 226 valence electrons. The van der Waals surface area contributed by atoms with Crippen molar-refractivity contribution in [2.75, 3.05) is 57.6 Å². The number of pyridine rings is 1. The van der Waals surface area contributed by atoms with Gasteiger partial charge in [-0.05, 0) is 42.6 Å². The molecule has 0 aliphatic carbocycles. The number of hydrogen-bond donors (Lipinski definition) is 1. The van der Waals surface area contributed by atoms with Gasteiger partial charge in [-0.3, -0.25) is 0 Å². The Balaban J connectivity index is 1.65. The zero-order valence-corrected chi connectivity index (χ0v) is 24.1. The molecule has 0 spiro atoms. The number of ether oxygens (including phenoxy) is 5. The number of guanidine groups is 1. The molecule has 42 heavy (non-hydrogen) atoms. The fourth-order valence-electron chi connectivity index (χ4n) is 3.47. The standard InChI is InChI=1S/C27H36ClN8O6/c28-23-5-7-25(8-6-23)40-15-4-2-1-3-12-36(26(30)32-21-29)24-9-13-35(14-10-24)22-42-27(37)41-20-19-39-18-17-38-16-11-33-34-31/h5-10,13-14H,1-4,11-12,15-20,22H2,(H2,30,32)/q+1. The van der Waals surface area contributed by atoms with Crippen molar-refractivity contribution in [2.24, 2.45) is 15.8 Å². The average Bonchev–Trinajstić information content (AvgIpc) is 3.00. The van der Waals surface area contributed by atoms with E-state index in [-0.39, 0.29) is 32.4 Å². The quantitative estimate of drug-likeness (QED) is 0.0265. The van der Waals surface area contributed by atoms with Gasteiger partial charge in [-0.2, -0.15) is 9.83 Å². The van der Waals surface area contributed by atoms with Crippen LogP contribution in [0.4, 0.5) is 10.5 Å². The predicted octanol–water partition coefficient (Wildman–Crippen LogP) is 4.32. The van der Waals surface area contributed by atoms with Crippen molar-refractivity contribution in [3.8, 4) is 11.9 Å². The van der Waals surface area contributed by atoms with Crippen molar-refractivity contribution < 1.29 is 33.0 Å². The van der Waals surface area contributed by atoms with Crippen molar-refractivity contribution in [3.05, 3.63) is 64.3 Å². The number of aliphatic imine (C=N–C) groups is 1. The molecule has 1 aromatic carbocycles. The molecule has 0 unspecified atom stereocenters. The number of hydrogen-bond acceptors (Lipinski definition) is 9. The Bertz CT molecular complexity index is 1170. The Hall–Kier alpha value is -4.28. The molecule has 0 saturated carbocycles. The predicted molar refractivity (Wildman–Crippen MR) is 155 cm³/mol. The van der Waals surface area contributed by atoms with Gasteiger partial charge in [-0.1, -0.05) is 29.6 Å². The van der Waals surface area contributed by atoms with Gasteiger partial charge in [0.1, 0.15) is 12.4 Å². The Morgan fingerprint density at radius 2 is 1.67 bits per heavy atom. The van der Waals surface area contributed by atoms with Gasteiger partial charge >= 0.3 is 6.16 Å². The lowest BCUT2D eigenvalue weighted by Crippen LogP contribution is -2.40. The Labute approximate surface area is 249 Å². The number of anilines is 1. The minimum absolute atomic E-state index is 0.0308. The van der Waals surface area contributed by atoms with E-state index < -0.39 is 6.16 Å². The van der Waals surface area contributed by atoms with Crippen molar-refractivity contribution >= 4 is 29.4 Å². The summed E-state index contributed by atoms with van der Waals surface area (Å²) in [4.78, 5) is 19.9. The van der Waals surface area contributed by atoms with Crippen LogP contribution in [0.5, 0.6) is 5.75 Å². The molecule has 0 aliphatic heterocycles. The Morgan fingerprint density at radius 1 is 0.976 bits per heavy atom. The summed E-state index contributed by atoms with van der Waals surface area (Å²) in [5.74, 6) is 0.891. The molecule has 14 nitrogen and oxygen atoms in total. The lowest BCUT2D eigenvalue weighted by Gasteiger charge is -2.22. The maximum Gasteiger partial charge on any atom is 0.513 e. The summed E-state index contributed by atoms with van der Waals surface area (Å²) >= 11 is 5.89. The first kappa shape index (κ1) is 33.9. The van der Waals surface area contributed by atoms with Crippen molar-refractivity contribution in [3.63, 3.8) is 0 Å². The van der Waals surface area contributed by atoms with Gasteiger partial charge in [0.15, 0.2) is 12.4 Å². The molecule has 0 aliphatic rings. The van der Waals surface area contributed by atoms with E-state index in [0.717, 1.165) is 37.1 Å². The monoisotopic (exact) mass is 603 g/mol. The molecule has 0 atom stereocenters. The van der Waals surface area contributed by atoms with E-state index in [4.69, 9.17) is 51.8 Å². The van der Waals surface area contributed by atoms with Crippen LogP contribution in [0.25, 0.3) is 10.4 Å². The number of carbonyl (C=O) groups is 1. The summed E-state index contributed by atoms with van der Waals surface area (Å²) < 4.78 is 27.9. The third-order valence-corrected chi connectivity index (χ3v) is 5.79. The maximum absolute atomic E-state index is 11.8. The number of halogens is 1. The lowest BCUT2D eigenvalue weighted by molar-refractivity contribution is -0.727. The number of nitriles is 1. The number of aromatic nitrogens is 1. The fraction of sp³-hybridized carbons (Fsp3) is 0.481. The van der Waals surface area contributed by atoms with E-state index in [1.165, 1.54) is 0 Å². The highest BCUT2D eigenvalue weighted by Crippen LogP contribution is 2.17. The molecular formula is C27H36ClN8O6+. The smallest absolute Gasteiger partial charge is 0.494 e. The molecule has 15 heteroatoms. The van der Waals surface area contributed by atoms with Gasteiger partial charge in [-0.15, -0.1) is 4.99 Å². The number of nitrogens with zero attached hydrogens (tertiary/aromatic N) is 7. The van der Waals surface area contributed by atoms with E-state index in [1.807, 2.05) is 12.1 Å². The minimum atomic E-state index is -0.827. The molecule has 0 radical (unpaired) electrons. The van der Waals surface area contributed by atoms with Crippen LogP contribution in [0.2, 0.25) is 5.02 Å². The second kappa shape index (κ2) is 21.5. The van der Waals surface area contributed by atoms with E-state index >= 15 is 0 Å². The van der Waals surface area contributed by atoms with Crippen LogP contribution in [0.15, 0.2) is 58.9 Å². The normalized spacial score (nSPS) is 10.8. The van der Waals surface area contributed by atoms with Crippen molar-refractivity contribution in [1.29, 1.82) is 5.26 Å². The molecule has 0 amide bonds. The van der Waals surface area contributed by atoms with Crippen LogP contribution in [0.1, 0.15) is 25.7 Å². The summed E-state index contributed by atoms with van der Waals surface area (Å²) in [5, 5.41) is 13.0.